The van der Waals surface area contributed by atoms with Gasteiger partial charge in [-0.2, -0.15) is 5.10 Å². The van der Waals surface area contributed by atoms with Gasteiger partial charge in [-0.3, -0.25) is 5.10 Å². The summed E-state index contributed by atoms with van der Waals surface area (Å²) in [5.41, 5.74) is 9.01. The van der Waals surface area contributed by atoms with Crippen LogP contribution in [0.1, 0.15) is 5.56 Å². The lowest BCUT2D eigenvalue weighted by Crippen LogP contribution is -1.93. The molecule has 0 aliphatic heterocycles. The molecule has 0 unspecified atom stereocenters. The number of methoxy groups -OCH3 is 1. The molecule has 2 rings (SSSR count). The molecule has 5 heteroatoms. The number of anilines is 1. The number of pyridine rings is 1. The average molecular weight is 204 g/mol. The summed E-state index contributed by atoms with van der Waals surface area (Å²) in [4.78, 5) is 4.17. The van der Waals surface area contributed by atoms with Crippen molar-refractivity contribution in [1.29, 1.82) is 0 Å². The summed E-state index contributed by atoms with van der Waals surface area (Å²) in [6, 6.07) is 1.95. The Bertz CT molecular complexity index is 478. The molecule has 15 heavy (non-hydrogen) atoms. The summed E-state index contributed by atoms with van der Waals surface area (Å²) >= 11 is 0. The maximum Gasteiger partial charge on any atom is 0.215 e. The number of ether oxygens (including phenoxy) is 1. The minimum atomic E-state index is 0.612. The lowest BCUT2D eigenvalue weighted by molar-refractivity contribution is 0.394. The molecule has 0 aliphatic rings. The van der Waals surface area contributed by atoms with Gasteiger partial charge in [0, 0.05) is 17.3 Å². The Kier molecular flexibility index (Phi) is 2.29. The van der Waals surface area contributed by atoms with Crippen molar-refractivity contribution in [3.63, 3.8) is 0 Å². The highest BCUT2D eigenvalue weighted by Gasteiger charge is 2.07. The molecule has 0 radical (unpaired) electrons. The Morgan fingerprint density at radius 3 is 2.73 bits per heavy atom. The average Bonchev–Trinajstić information content (AvgIpc) is 2.64. The number of H-pyrrole nitrogens is 1. The molecule has 0 bridgehead atoms. The summed E-state index contributed by atoms with van der Waals surface area (Å²) in [7, 11) is 1.60. The Labute approximate surface area is 87.3 Å². The molecule has 78 valence electrons. The van der Waals surface area contributed by atoms with Crippen molar-refractivity contribution >= 4 is 5.69 Å². The Hall–Kier alpha value is -2.04. The van der Waals surface area contributed by atoms with Crippen molar-refractivity contribution in [3.8, 4) is 17.1 Å². The fraction of sp³-hybridized carbons (Fsp3) is 0.200. The zero-order valence-corrected chi connectivity index (χ0v) is 8.61. The predicted molar refractivity (Wildman–Crippen MR) is 57.5 cm³/mol. The molecule has 0 atom stereocenters. The van der Waals surface area contributed by atoms with Crippen LogP contribution in [0, 0.1) is 6.92 Å². The van der Waals surface area contributed by atoms with E-state index >= 15 is 0 Å². The van der Waals surface area contributed by atoms with E-state index in [1.807, 2.05) is 13.0 Å². The molecular formula is C10H12N4O. The van der Waals surface area contributed by atoms with Gasteiger partial charge in [-0.25, -0.2) is 4.98 Å². The highest BCUT2D eigenvalue weighted by atomic mass is 16.5. The van der Waals surface area contributed by atoms with Crippen molar-refractivity contribution in [2.75, 3.05) is 12.8 Å². The molecule has 0 saturated carbocycles. The Morgan fingerprint density at radius 2 is 2.20 bits per heavy atom. The van der Waals surface area contributed by atoms with Crippen molar-refractivity contribution in [3.05, 3.63) is 24.0 Å². The second-order valence-electron chi connectivity index (χ2n) is 3.25. The first-order valence-corrected chi connectivity index (χ1v) is 4.52. The molecule has 2 aromatic rings. The van der Waals surface area contributed by atoms with Crippen LogP contribution < -0.4 is 10.5 Å². The van der Waals surface area contributed by atoms with E-state index in [0.29, 0.717) is 11.6 Å². The summed E-state index contributed by atoms with van der Waals surface area (Å²) in [5, 5.41) is 6.69. The molecule has 0 fully saturated rings. The number of hydrogen-bond acceptors (Lipinski definition) is 4. The molecule has 5 nitrogen and oxygen atoms in total. The van der Waals surface area contributed by atoms with Crippen LogP contribution in [-0.2, 0) is 0 Å². The van der Waals surface area contributed by atoms with Gasteiger partial charge >= 0.3 is 0 Å². The number of aromatic nitrogens is 3. The van der Waals surface area contributed by atoms with Crippen LogP contribution >= 0.6 is 0 Å². The number of nitrogens with zero attached hydrogens (tertiary/aromatic N) is 2. The minimum absolute atomic E-state index is 0.612. The lowest BCUT2D eigenvalue weighted by Gasteiger charge is -2.05. The zero-order chi connectivity index (χ0) is 10.8. The van der Waals surface area contributed by atoms with Crippen molar-refractivity contribution in [2.24, 2.45) is 0 Å². The van der Waals surface area contributed by atoms with E-state index in [1.54, 1.807) is 19.5 Å². The maximum atomic E-state index is 5.74. The Balaban J connectivity index is 2.47. The number of nitrogens with one attached hydrogen (secondary N) is 1. The molecule has 3 N–H and O–H groups in total. The van der Waals surface area contributed by atoms with Gasteiger partial charge in [0.05, 0.1) is 24.7 Å². The van der Waals surface area contributed by atoms with E-state index in [-0.39, 0.29) is 0 Å². The van der Waals surface area contributed by atoms with Crippen LogP contribution in [0.4, 0.5) is 5.69 Å². The van der Waals surface area contributed by atoms with Crippen LogP contribution in [0.15, 0.2) is 18.5 Å². The van der Waals surface area contributed by atoms with Crippen molar-refractivity contribution < 1.29 is 4.74 Å². The molecule has 2 heterocycles. The van der Waals surface area contributed by atoms with Crippen LogP contribution in [0.25, 0.3) is 11.3 Å². The van der Waals surface area contributed by atoms with Gasteiger partial charge in [0.2, 0.25) is 5.88 Å². The molecule has 0 aliphatic carbocycles. The van der Waals surface area contributed by atoms with E-state index in [0.717, 1.165) is 16.8 Å². The van der Waals surface area contributed by atoms with Gasteiger partial charge in [-0.15, -0.1) is 0 Å². The van der Waals surface area contributed by atoms with E-state index in [4.69, 9.17) is 10.5 Å². The van der Waals surface area contributed by atoms with E-state index in [1.165, 1.54) is 0 Å². The second kappa shape index (κ2) is 3.61. The topological polar surface area (TPSA) is 76.8 Å². The van der Waals surface area contributed by atoms with Crippen LogP contribution in [0.5, 0.6) is 5.88 Å². The highest BCUT2D eigenvalue weighted by Crippen LogP contribution is 2.25. The monoisotopic (exact) mass is 204 g/mol. The van der Waals surface area contributed by atoms with Crippen molar-refractivity contribution in [1.82, 2.24) is 15.2 Å². The number of rotatable bonds is 2. The summed E-state index contributed by atoms with van der Waals surface area (Å²) in [5.74, 6) is 0.622. The van der Waals surface area contributed by atoms with Gasteiger partial charge in [-0.05, 0) is 13.0 Å². The van der Waals surface area contributed by atoms with Gasteiger partial charge in [0.1, 0.15) is 0 Å². The third-order valence-corrected chi connectivity index (χ3v) is 2.18. The van der Waals surface area contributed by atoms with Gasteiger partial charge in [-0.1, -0.05) is 0 Å². The summed E-state index contributed by atoms with van der Waals surface area (Å²) < 4.78 is 5.08. The SMILES string of the molecule is COc1ncc(-c2[nH]ncc2N)cc1C. The number of nitrogen functional groups attached to an aromatic ring is 1. The van der Waals surface area contributed by atoms with E-state index in [2.05, 4.69) is 15.2 Å². The quantitative estimate of drug-likeness (QED) is 0.774. The van der Waals surface area contributed by atoms with Gasteiger partial charge in [0.25, 0.3) is 0 Å². The minimum Gasteiger partial charge on any atom is -0.481 e. The molecule has 0 aromatic carbocycles. The molecule has 2 aromatic heterocycles. The second-order valence-corrected chi connectivity index (χ2v) is 3.25. The third kappa shape index (κ3) is 1.63. The third-order valence-electron chi connectivity index (χ3n) is 2.18. The fourth-order valence-electron chi connectivity index (χ4n) is 1.44. The molecule has 0 saturated heterocycles. The number of nitrogens with two attached hydrogens (primary N) is 1. The first kappa shape index (κ1) is 9.51. The van der Waals surface area contributed by atoms with Gasteiger partial charge < -0.3 is 10.5 Å². The first-order valence-electron chi connectivity index (χ1n) is 4.52. The first-order chi connectivity index (χ1) is 7.22. The lowest BCUT2D eigenvalue weighted by atomic mass is 10.1. The standard InChI is InChI=1S/C10H12N4O/c1-6-3-7(4-12-10(6)15-2)9-8(11)5-13-14-9/h3-5H,11H2,1-2H3,(H,13,14). The van der Waals surface area contributed by atoms with Gasteiger partial charge in [0.15, 0.2) is 0 Å². The summed E-state index contributed by atoms with van der Waals surface area (Å²) in [6.45, 7) is 1.93. The highest BCUT2D eigenvalue weighted by molar-refractivity contribution is 5.71. The predicted octanol–water partition coefficient (Wildman–Crippen LogP) is 1.37. The largest absolute Gasteiger partial charge is 0.481 e. The van der Waals surface area contributed by atoms with Crippen LogP contribution in [0.2, 0.25) is 0 Å². The number of aromatic amines is 1. The number of aryl methyl sites for hydroxylation is 1. The molecule has 0 amide bonds. The van der Waals surface area contributed by atoms with Crippen LogP contribution in [-0.4, -0.2) is 22.3 Å². The smallest absolute Gasteiger partial charge is 0.215 e. The zero-order valence-electron chi connectivity index (χ0n) is 8.61. The number of hydrogen-bond donors (Lipinski definition) is 2. The van der Waals surface area contributed by atoms with Crippen LogP contribution in [0.3, 0.4) is 0 Å². The maximum absolute atomic E-state index is 5.74. The fourth-order valence-corrected chi connectivity index (χ4v) is 1.44. The normalized spacial score (nSPS) is 10.3. The Morgan fingerprint density at radius 1 is 1.40 bits per heavy atom. The van der Waals surface area contributed by atoms with E-state index < -0.39 is 0 Å². The molecule has 0 spiro atoms. The van der Waals surface area contributed by atoms with E-state index in [9.17, 15) is 0 Å². The van der Waals surface area contributed by atoms with Crippen molar-refractivity contribution in [2.45, 2.75) is 6.92 Å². The molecular weight excluding hydrogens is 192 g/mol. The summed E-state index contributed by atoms with van der Waals surface area (Å²) in [6.07, 6.45) is 3.28.